The minimum absolute atomic E-state index is 0.0332. The summed E-state index contributed by atoms with van der Waals surface area (Å²) in [4.78, 5) is 27.3. The van der Waals surface area contributed by atoms with Crippen molar-refractivity contribution in [1.29, 1.82) is 0 Å². The molecule has 0 radical (unpaired) electrons. The molecule has 2 heterocycles. The predicted octanol–water partition coefficient (Wildman–Crippen LogP) is 1.37. The van der Waals surface area contributed by atoms with Gasteiger partial charge in [-0.1, -0.05) is 38.1 Å². The van der Waals surface area contributed by atoms with Crippen LogP contribution in [-0.4, -0.2) is 44.0 Å². The van der Waals surface area contributed by atoms with Gasteiger partial charge in [0.25, 0.3) is 17.5 Å². The number of halogens is 1. The Bertz CT molecular complexity index is 1170. The van der Waals surface area contributed by atoms with E-state index in [-0.39, 0.29) is 40.5 Å². The number of ether oxygens (including phenoxy) is 1. The number of likely N-dealkylation sites (tertiary alicyclic amines) is 1. The normalized spacial score (nSPS) is 28.2. The van der Waals surface area contributed by atoms with Gasteiger partial charge in [0.05, 0.1) is 5.57 Å². The highest BCUT2D eigenvalue weighted by Crippen LogP contribution is 2.67. The van der Waals surface area contributed by atoms with Crippen LogP contribution in [0.5, 0.6) is 0 Å². The van der Waals surface area contributed by atoms with Gasteiger partial charge in [0.2, 0.25) is 11.3 Å². The van der Waals surface area contributed by atoms with E-state index in [2.05, 4.69) is 0 Å². The number of hydrogen-bond donors (Lipinski definition) is 3. The number of ketones is 1. The molecule has 0 aromatic heterocycles. The molecular formula is C23H20FNO6. The molecule has 2 aromatic rings. The lowest BCUT2D eigenvalue weighted by molar-refractivity contribution is -0.312. The Morgan fingerprint density at radius 1 is 1.00 bits per heavy atom. The monoisotopic (exact) mass is 425 g/mol. The minimum Gasteiger partial charge on any atom is -0.454 e. The summed E-state index contributed by atoms with van der Waals surface area (Å²) in [6, 6.07) is 10.9. The van der Waals surface area contributed by atoms with Crippen LogP contribution in [0, 0.1) is 11.7 Å². The second-order valence-electron chi connectivity index (χ2n) is 8.52. The SMILES string of the molecule is CC(C)CN1C(=O)C(=O)C2=C(c3ccc(F)cc3)O[C@]3(O)c4ccccc4C(O)(O)[C@@]213. The van der Waals surface area contributed by atoms with Crippen LogP contribution in [0.15, 0.2) is 54.1 Å². The van der Waals surface area contributed by atoms with Gasteiger partial charge in [-0.05, 0) is 30.2 Å². The first-order valence-electron chi connectivity index (χ1n) is 9.90. The average molecular weight is 425 g/mol. The summed E-state index contributed by atoms with van der Waals surface area (Å²) in [5, 5.41) is 34.8. The Morgan fingerprint density at radius 3 is 2.23 bits per heavy atom. The first-order valence-corrected chi connectivity index (χ1v) is 9.90. The highest BCUT2D eigenvalue weighted by molar-refractivity contribution is 6.48. The number of Topliss-reactive ketones (excluding diaryl/α,β-unsaturated/α-hetero) is 1. The van der Waals surface area contributed by atoms with Crippen LogP contribution in [0.1, 0.15) is 30.5 Å². The number of nitrogens with zero attached hydrogens (tertiary/aromatic N) is 1. The lowest BCUT2D eigenvalue weighted by Gasteiger charge is -2.45. The van der Waals surface area contributed by atoms with E-state index in [9.17, 15) is 29.3 Å². The maximum absolute atomic E-state index is 13.5. The Morgan fingerprint density at radius 2 is 1.61 bits per heavy atom. The van der Waals surface area contributed by atoms with Gasteiger partial charge in [-0.2, -0.15) is 0 Å². The zero-order valence-electron chi connectivity index (χ0n) is 16.8. The molecule has 31 heavy (non-hydrogen) atoms. The van der Waals surface area contributed by atoms with Crippen LogP contribution < -0.4 is 0 Å². The summed E-state index contributed by atoms with van der Waals surface area (Å²) < 4.78 is 19.4. The number of aliphatic hydroxyl groups is 3. The number of carbonyl (C=O) groups excluding carboxylic acids is 2. The molecule has 1 saturated heterocycles. The van der Waals surface area contributed by atoms with Crippen molar-refractivity contribution in [3.8, 4) is 0 Å². The Labute approximate surface area is 177 Å². The van der Waals surface area contributed by atoms with Gasteiger partial charge in [-0.3, -0.25) is 9.59 Å². The Kier molecular flexibility index (Phi) is 3.85. The fourth-order valence-corrected chi connectivity index (χ4v) is 5.09. The van der Waals surface area contributed by atoms with E-state index in [0.717, 1.165) is 17.0 Å². The van der Waals surface area contributed by atoms with Crippen molar-refractivity contribution in [2.45, 2.75) is 31.0 Å². The standard InChI is InChI=1S/C23H20FNO6/c1-12(2)11-25-20(27)18(26)17-19(13-7-9-14(24)10-8-13)31-23(30)16-6-4-3-5-15(16)22(28,29)21(17,23)25/h3-10,12,28-30H,11H2,1-2H3/t21-,23-/m1/s1. The molecule has 0 bridgehead atoms. The number of fused-ring (bicyclic) bond motifs is 2. The van der Waals surface area contributed by atoms with Gasteiger partial charge in [-0.25, -0.2) is 4.39 Å². The van der Waals surface area contributed by atoms with Crippen LogP contribution in [0.4, 0.5) is 4.39 Å². The number of benzene rings is 2. The smallest absolute Gasteiger partial charge is 0.296 e. The fourth-order valence-electron chi connectivity index (χ4n) is 5.09. The summed E-state index contributed by atoms with van der Waals surface area (Å²) >= 11 is 0. The molecule has 0 saturated carbocycles. The van der Waals surface area contributed by atoms with Crippen LogP contribution in [0.3, 0.4) is 0 Å². The van der Waals surface area contributed by atoms with Gasteiger partial charge in [-0.15, -0.1) is 0 Å². The average Bonchev–Trinajstić information content (AvgIpc) is 3.19. The second kappa shape index (κ2) is 6.00. The molecule has 2 atom stereocenters. The van der Waals surface area contributed by atoms with Gasteiger partial charge in [0.1, 0.15) is 11.6 Å². The van der Waals surface area contributed by atoms with Gasteiger partial charge in [0, 0.05) is 23.2 Å². The highest BCUT2D eigenvalue weighted by Gasteiger charge is 2.85. The minimum atomic E-state index is -2.83. The van der Waals surface area contributed by atoms with Crippen molar-refractivity contribution in [1.82, 2.24) is 4.90 Å². The Balaban J connectivity index is 1.88. The van der Waals surface area contributed by atoms with Crippen molar-refractivity contribution in [2.75, 3.05) is 6.54 Å². The number of hydrogen-bond acceptors (Lipinski definition) is 6. The molecule has 0 unspecified atom stereocenters. The van der Waals surface area contributed by atoms with Crippen LogP contribution in [0.25, 0.3) is 5.76 Å². The third kappa shape index (κ3) is 2.12. The largest absolute Gasteiger partial charge is 0.454 e. The van der Waals surface area contributed by atoms with E-state index in [4.69, 9.17) is 4.74 Å². The Hall–Kier alpha value is -3.07. The maximum atomic E-state index is 13.5. The second-order valence-corrected chi connectivity index (χ2v) is 8.52. The maximum Gasteiger partial charge on any atom is 0.296 e. The van der Waals surface area contributed by atoms with Crippen LogP contribution in [0.2, 0.25) is 0 Å². The van der Waals surface area contributed by atoms with Crippen molar-refractivity contribution >= 4 is 17.4 Å². The number of carbonyl (C=O) groups is 2. The first kappa shape index (κ1) is 19.9. The van der Waals surface area contributed by atoms with Gasteiger partial charge >= 0.3 is 0 Å². The van der Waals surface area contributed by atoms with Crippen LogP contribution >= 0.6 is 0 Å². The van der Waals surface area contributed by atoms with E-state index in [1.54, 1.807) is 26.0 Å². The van der Waals surface area contributed by atoms with E-state index in [1.807, 2.05) is 0 Å². The summed E-state index contributed by atoms with van der Waals surface area (Å²) in [5.41, 5.74) is -2.48. The van der Waals surface area contributed by atoms with Crippen LogP contribution in [-0.2, 0) is 25.9 Å². The zero-order valence-corrected chi connectivity index (χ0v) is 16.8. The molecule has 2 aromatic carbocycles. The third-order valence-electron chi connectivity index (χ3n) is 6.23. The highest BCUT2D eigenvalue weighted by atomic mass is 19.1. The van der Waals surface area contributed by atoms with Gasteiger partial charge < -0.3 is 25.0 Å². The molecule has 1 amide bonds. The quantitative estimate of drug-likeness (QED) is 0.507. The zero-order chi connectivity index (χ0) is 22.3. The van der Waals surface area contributed by atoms with E-state index < -0.39 is 34.6 Å². The summed E-state index contributed by atoms with van der Waals surface area (Å²) in [6.45, 7) is 3.56. The van der Waals surface area contributed by atoms with Gasteiger partial charge in [0.15, 0.2) is 0 Å². The summed E-state index contributed by atoms with van der Waals surface area (Å²) in [5.74, 6) is -8.12. The summed E-state index contributed by atoms with van der Waals surface area (Å²) in [7, 11) is 0. The molecule has 2 aliphatic heterocycles. The van der Waals surface area contributed by atoms with E-state index >= 15 is 0 Å². The molecule has 7 nitrogen and oxygen atoms in total. The van der Waals surface area contributed by atoms with Crippen molar-refractivity contribution in [3.63, 3.8) is 0 Å². The van der Waals surface area contributed by atoms with E-state index in [0.29, 0.717) is 0 Å². The number of amides is 1. The van der Waals surface area contributed by atoms with Crippen molar-refractivity contribution in [3.05, 3.63) is 76.6 Å². The topological polar surface area (TPSA) is 107 Å². The first-order chi connectivity index (χ1) is 14.6. The summed E-state index contributed by atoms with van der Waals surface area (Å²) in [6.07, 6.45) is 0. The molecular weight excluding hydrogens is 405 g/mol. The lowest BCUT2D eigenvalue weighted by Crippen LogP contribution is -2.66. The molecule has 8 heteroatoms. The fraction of sp³-hybridized carbons (Fsp3) is 0.304. The molecule has 3 aliphatic rings. The molecule has 3 N–H and O–H groups in total. The molecule has 160 valence electrons. The third-order valence-corrected chi connectivity index (χ3v) is 6.23. The van der Waals surface area contributed by atoms with E-state index in [1.165, 1.54) is 24.3 Å². The molecule has 5 rings (SSSR count). The van der Waals surface area contributed by atoms with Crippen molar-refractivity contribution in [2.24, 2.45) is 5.92 Å². The predicted molar refractivity (Wildman–Crippen MR) is 105 cm³/mol. The molecule has 1 aliphatic carbocycles. The molecule has 1 spiro atoms. The lowest BCUT2D eigenvalue weighted by atomic mass is 9.78. The van der Waals surface area contributed by atoms with Crippen molar-refractivity contribution < 1.29 is 34.0 Å². The molecule has 1 fully saturated rings. The number of rotatable bonds is 3.